The van der Waals surface area contributed by atoms with Crippen molar-refractivity contribution in [2.24, 2.45) is 0 Å². The molecule has 120 valence electrons. The second kappa shape index (κ2) is 5.75. The number of carbonyl (C=O) groups excluding carboxylic acids is 1. The number of pyridine rings is 1. The number of aromatic nitrogens is 1. The van der Waals surface area contributed by atoms with Crippen LogP contribution in [0.5, 0.6) is 0 Å². The second-order valence-corrected chi connectivity index (χ2v) is 6.54. The summed E-state index contributed by atoms with van der Waals surface area (Å²) < 4.78 is 0. The number of nitrogens with zero attached hydrogens (tertiary/aromatic N) is 2. The zero-order valence-corrected chi connectivity index (χ0v) is 14.0. The summed E-state index contributed by atoms with van der Waals surface area (Å²) in [6, 6.07) is 16.2. The smallest absolute Gasteiger partial charge is 0.254 e. The molecule has 0 spiro atoms. The van der Waals surface area contributed by atoms with Gasteiger partial charge in [-0.15, -0.1) is 0 Å². The maximum absolute atomic E-state index is 12.9. The van der Waals surface area contributed by atoms with Crippen molar-refractivity contribution >= 4 is 16.8 Å². The molecule has 0 radical (unpaired) electrons. The molecule has 0 unspecified atom stereocenters. The van der Waals surface area contributed by atoms with Crippen molar-refractivity contribution in [1.29, 1.82) is 0 Å². The van der Waals surface area contributed by atoms with Gasteiger partial charge in [-0.2, -0.15) is 0 Å². The molecule has 0 aliphatic carbocycles. The van der Waals surface area contributed by atoms with Gasteiger partial charge in [0.1, 0.15) is 0 Å². The normalized spacial score (nSPS) is 13.8. The van der Waals surface area contributed by atoms with Gasteiger partial charge in [-0.3, -0.25) is 4.79 Å². The summed E-state index contributed by atoms with van der Waals surface area (Å²) in [7, 11) is 0. The van der Waals surface area contributed by atoms with Gasteiger partial charge >= 0.3 is 0 Å². The average Bonchev–Trinajstić information content (AvgIpc) is 2.52. The van der Waals surface area contributed by atoms with E-state index in [1.165, 1.54) is 11.1 Å². The zero-order valence-electron chi connectivity index (χ0n) is 14.0. The number of aryl methyl sites for hydroxylation is 2. The fourth-order valence-corrected chi connectivity index (χ4v) is 3.28. The Labute approximate surface area is 141 Å². The number of benzene rings is 2. The molecule has 3 aromatic rings. The van der Waals surface area contributed by atoms with Crippen molar-refractivity contribution in [1.82, 2.24) is 9.88 Å². The summed E-state index contributed by atoms with van der Waals surface area (Å²) in [5, 5.41) is 0.933. The molecule has 1 saturated heterocycles. The first kappa shape index (κ1) is 14.9. The molecule has 3 heteroatoms. The van der Waals surface area contributed by atoms with Crippen LogP contribution in [0.25, 0.3) is 22.2 Å². The van der Waals surface area contributed by atoms with E-state index in [1.807, 2.05) is 35.2 Å². The van der Waals surface area contributed by atoms with E-state index in [9.17, 15) is 4.79 Å². The van der Waals surface area contributed by atoms with Crippen LogP contribution in [0, 0.1) is 13.8 Å². The highest BCUT2D eigenvalue weighted by Crippen LogP contribution is 2.29. The average molecular weight is 316 g/mol. The van der Waals surface area contributed by atoms with Crippen LogP contribution in [0.3, 0.4) is 0 Å². The quantitative estimate of drug-likeness (QED) is 0.703. The van der Waals surface area contributed by atoms with E-state index in [0.29, 0.717) is 0 Å². The number of likely N-dealkylation sites (tertiary alicyclic amines) is 1. The van der Waals surface area contributed by atoms with E-state index in [2.05, 4.69) is 32.0 Å². The number of fused-ring (bicyclic) bond motifs is 1. The van der Waals surface area contributed by atoms with Gasteiger partial charge in [-0.05, 0) is 38.0 Å². The van der Waals surface area contributed by atoms with Gasteiger partial charge in [0.25, 0.3) is 5.91 Å². The molecule has 1 amide bonds. The number of rotatable bonds is 2. The summed E-state index contributed by atoms with van der Waals surface area (Å²) in [5.41, 5.74) is 6.00. The Morgan fingerprint density at radius 2 is 1.83 bits per heavy atom. The lowest BCUT2D eigenvalue weighted by Crippen LogP contribution is -2.42. The van der Waals surface area contributed by atoms with Crippen molar-refractivity contribution in [2.75, 3.05) is 13.1 Å². The van der Waals surface area contributed by atoms with Crippen LogP contribution in [0.15, 0.2) is 48.5 Å². The van der Waals surface area contributed by atoms with Gasteiger partial charge in [0.05, 0.1) is 16.8 Å². The molecular weight excluding hydrogens is 296 g/mol. The lowest BCUT2D eigenvalue weighted by molar-refractivity contribution is 0.0654. The van der Waals surface area contributed by atoms with E-state index in [4.69, 9.17) is 4.98 Å². The third-order valence-corrected chi connectivity index (χ3v) is 4.75. The van der Waals surface area contributed by atoms with Gasteiger partial charge in [-0.25, -0.2) is 4.98 Å². The number of para-hydroxylation sites is 1. The molecule has 24 heavy (non-hydrogen) atoms. The van der Waals surface area contributed by atoms with Crippen LogP contribution >= 0.6 is 0 Å². The summed E-state index contributed by atoms with van der Waals surface area (Å²) in [6.45, 7) is 5.89. The molecule has 0 saturated carbocycles. The van der Waals surface area contributed by atoms with Crippen molar-refractivity contribution in [3.05, 3.63) is 65.2 Å². The Bertz CT molecular complexity index is 942. The van der Waals surface area contributed by atoms with Gasteiger partial charge in [0, 0.05) is 24.0 Å². The molecule has 1 fully saturated rings. The lowest BCUT2D eigenvalue weighted by atomic mass is 9.98. The van der Waals surface area contributed by atoms with Gasteiger partial charge < -0.3 is 4.90 Å². The highest BCUT2D eigenvalue weighted by atomic mass is 16.2. The molecule has 2 aromatic carbocycles. The molecule has 1 aliphatic heterocycles. The van der Waals surface area contributed by atoms with Crippen LogP contribution in [-0.2, 0) is 0 Å². The molecular formula is C21H20N2O. The Balaban J connectivity index is 1.92. The standard InChI is InChI=1S/C21H20N2O/c1-14-8-9-16(15(2)12-14)20-13-18(21(24)23-10-5-11-23)17-6-3-4-7-19(17)22-20/h3-4,6-9,12-13H,5,10-11H2,1-2H3. The third-order valence-electron chi connectivity index (χ3n) is 4.75. The predicted molar refractivity (Wildman–Crippen MR) is 97.2 cm³/mol. The van der Waals surface area contributed by atoms with Gasteiger partial charge in [0.2, 0.25) is 0 Å². The molecule has 0 N–H and O–H groups in total. The monoisotopic (exact) mass is 316 g/mol. The Hall–Kier alpha value is -2.68. The van der Waals surface area contributed by atoms with E-state index in [-0.39, 0.29) is 5.91 Å². The summed E-state index contributed by atoms with van der Waals surface area (Å²) in [6.07, 6.45) is 1.10. The van der Waals surface area contributed by atoms with E-state index in [1.54, 1.807) is 0 Å². The highest BCUT2D eigenvalue weighted by Gasteiger charge is 2.24. The van der Waals surface area contributed by atoms with Crippen molar-refractivity contribution in [3.63, 3.8) is 0 Å². The molecule has 4 rings (SSSR count). The summed E-state index contributed by atoms with van der Waals surface area (Å²) >= 11 is 0. The van der Waals surface area contributed by atoms with Crippen LogP contribution in [0.1, 0.15) is 27.9 Å². The first-order chi connectivity index (χ1) is 11.6. The van der Waals surface area contributed by atoms with Crippen molar-refractivity contribution in [2.45, 2.75) is 20.3 Å². The van der Waals surface area contributed by atoms with Crippen molar-refractivity contribution in [3.8, 4) is 11.3 Å². The third kappa shape index (κ3) is 2.46. The minimum Gasteiger partial charge on any atom is -0.338 e. The van der Waals surface area contributed by atoms with Crippen LogP contribution in [-0.4, -0.2) is 28.9 Å². The lowest BCUT2D eigenvalue weighted by Gasteiger charge is -2.31. The predicted octanol–water partition coefficient (Wildman–Crippen LogP) is 4.36. The second-order valence-electron chi connectivity index (χ2n) is 6.54. The van der Waals surface area contributed by atoms with Gasteiger partial charge in [0.15, 0.2) is 0 Å². The molecule has 0 bridgehead atoms. The number of carbonyl (C=O) groups is 1. The molecule has 3 nitrogen and oxygen atoms in total. The number of hydrogen-bond donors (Lipinski definition) is 0. The summed E-state index contributed by atoms with van der Waals surface area (Å²) in [5.74, 6) is 0.117. The summed E-state index contributed by atoms with van der Waals surface area (Å²) in [4.78, 5) is 19.6. The highest BCUT2D eigenvalue weighted by molar-refractivity contribution is 6.07. The van der Waals surface area contributed by atoms with E-state index >= 15 is 0 Å². The molecule has 1 aromatic heterocycles. The van der Waals surface area contributed by atoms with E-state index in [0.717, 1.165) is 47.2 Å². The Kier molecular flexibility index (Phi) is 3.57. The fourth-order valence-electron chi connectivity index (χ4n) is 3.28. The molecule has 1 aliphatic rings. The minimum absolute atomic E-state index is 0.117. The SMILES string of the molecule is Cc1ccc(-c2cc(C(=O)N3CCC3)c3ccccc3n2)c(C)c1. The first-order valence-electron chi connectivity index (χ1n) is 8.40. The van der Waals surface area contributed by atoms with Crippen LogP contribution in [0.2, 0.25) is 0 Å². The fraction of sp³-hybridized carbons (Fsp3) is 0.238. The zero-order chi connectivity index (χ0) is 16.7. The van der Waals surface area contributed by atoms with Crippen LogP contribution < -0.4 is 0 Å². The maximum Gasteiger partial charge on any atom is 0.254 e. The number of hydrogen-bond acceptors (Lipinski definition) is 2. The van der Waals surface area contributed by atoms with Gasteiger partial charge in [-0.1, -0.05) is 42.0 Å². The Morgan fingerprint density at radius 1 is 1.04 bits per heavy atom. The number of amides is 1. The minimum atomic E-state index is 0.117. The molecule has 0 atom stereocenters. The molecule has 2 heterocycles. The van der Waals surface area contributed by atoms with Crippen LogP contribution in [0.4, 0.5) is 0 Å². The first-order valence-corrected chi connectivity index (χ1v) is 8.40. The topological polar surface area (TPSA) is 33.2 Å². The Morgan fingerprint density at radius 3 is 2.54 bits per heavy atom. The van der Waals surface area contributed by atoms with E-state index < -0.39 is 0 Å². The largest absolute Gasteiger partial charge is 0.338 e. The van der Waals surface area contributed by atoms with Crippen molar-refractivity contribution < 1.29 is 4.79 Å². The maximum atomic E-state index is 12.9.